The Morgan fingerprint density at radius 3 is 2.56 bits per heavy atom. The number of hydrogen-bond acceptors (Lipinski definition) is 2. The van der Waals surface area contributed by atoms with Crippen molar-refractivity contribution in [1.29, 1.82) is 0 Å². The predicted octanol–water partition coefficient (Wildman–Crippen LogP) is 3.42. The molecule has 2 rings (SSSR count). The van der Waals surface area contributed by atoms with E-state index in [2.05, 4.69) is 31.0 Å². The molecule has 106 valence electrons. The average Bonchev–Trinajstić information content (AvgIpc) is 2.46. The van der Waals surface area contributed by atoms with Crippen LogP contribution in [0.1, 0.15) is 65.7 Å². The van der Waals surface area contributed by atoms with E-state index in [-0.39, 0.29) is 0 Å². The zero-order valence-corrected chi connectivity index (χ0v) is 12.6. The molecule has 2 nitrogen and oxygen atoms in total. The van der Waals surface area contributed by atoms with Crippen LogP contribution in [0.5, 0.6) is 0 Å². The highest BCUT2D eigenvalue weighted by molar-refractivity contribution is 4.91. The normalized spacial score (nSPS) is 38.8. The van der Waals surface area contributed by atoms with Gasteiger partial charge in [-0.3, -0.25) is 4.90 Å². The Bertz CT molecular complexity index is 241. The van der Waals surface area contributed by atoms with Crippen LogP contribution >= 0.6 is 0 Å². The summed E-state index contributed by atoms with van der Waals surface area (Å²) in [5, 5.41) is 3.72. The van der Waals surface area contributed by atoms with Gasteiger partial charge in [0.1, 0.15) is 0 Å². The van der Waals surface area contributed by atoms with Crippen LogP contribution in [0.3, 0.4) is 0 Å². The van der Waals surface area contributed by atoms with Crippen molar-refractivity contribution in [3.05, 3.63) is 0 Å². The Labute approximate surface area is 114 Å². The molecule has 0 radical (unpaired) electrons. The number of hydrogen-bond donors (Lipinski definition) is 1. The summed E-state index contributed by atoms with van der Waals surface area (Å²) in [4.78, 5) is 2.87. The zero-order chi connectivity index (χ0) is 13.0. The van der Waals surface area contributed by atoms with E-state index >= 15 is 0 Å². The van der Waals surface area contributed by atoms with Crippen molar-refractivity contribution in [3.63, 3.8) is 0 Å². The van der Waals surface area contributed by atoms with Crippen molar-refractivity contribution >= 4 is 0 Å². The maximum atomic E-state index is 3.72. The Morgan fingerprint density at radius 2 is 1.89 bits per heavy atom. The summed E-state index contributed by atoms with van der Waals surface area (Å²) in [6.07, 6.45) is 9.81. The molecule has 1 N–H and O–H groups in total. The van der Waals surface area contributed by atoms with Gasteiger partial charge < -0.3 is 5.32 Å². The zero-order valence-electron chi connectivity index (χ0n) is 12.6. The molecular formula is C16H32N2. The molecule has 2 heteroatoms. The van der Waals surface area contributed by atoms with E-state index in [1.165, 1.54) is 58.0 Å². The molecule has 1 heterocycles. The summed E-state index contributed by atoms with van der Waals surface area (Å²) in [5.74, 6) is 0.996. The summed E-state index contributed by atoms with van der Waals surface area (Å²) in [7, 11) is 0. The summed E-state index contributed by atoms with van der Waals surface area (Å²) in [5.41, 5.74) is 0. The lowest BCUT2D eigenvalue weighted by Crippen LogP contribution is -2.59. The van der Waals surface area contributed by atoms with E-state index in [0.29, 0.717) is 0 Å². The van der Waals surface area contributed by atoms with Gasteiger partial charge in [-0.15, -0.1) is 0 Å². The third kappa shape index (κ3) is 3.27. The number of nitrogens with zero attached hydrogens (tertiary/aromatic N) is 1. The van der Waals surface area contributed by atoms with Gasteiger partial charge in [0, 0.05) is 31.2 Å². The van der Waals surface area contributed by atoms with Crippen LogP contribution in [0.4, 0.5) is 0 Å². The maximum Gasteiger partial charge on any atom is 0.0221 e. The van der Waals surface area contributed by atoms with Gasteiger partial charge in [0.05, 0.1) is 0 Å². The van der Waals surface area contributed by atoms with E-state index in [0.717, 1.165) is 24.0 Å². The molecule has 4 unspecified atom stereocenters. The smallest absolute Gasteiger partial charge is 0.0221 e. The largest absolute Gasteiger partial charge is 0.311 e. The molecule has 1 aliphatic heterocycles. The van der Waals surface area contributed by atoms with Crippen LogP contribution in [-0.4, -0.2) is 36.1 Å². The van der Waals surface area contributed by atoms with E-state index < -0.39 is 0 Å². The van der Waals surface area contributed by atoms with Crippen LogP contribution in [0.25, 0.3) is 0 Å². The summed E-state index contributed by atoms with van der Waals surface area (Å²) in [6, 6.07) is 2.40. The van der Waals surface area contributed by atoms with Gasteiger partial charge in [0.2, 0.25) is 0 Å². The van der Waals surface area contributed by atoms with Crippen molar-refractivity contribution in [2.24, 2.45) is 5.92 Å². The molecule has 4 atom stereocenters. The first-order valence-electron chi connectivity index (χ1n) is 8.27. The quantitative estimate of drug-likeness (QED) is 0.825. The molecule has 0 aromatic rings. The number of nitrogens with one attached hydrogen (secondary N) is 1. The Hall–Kier alpha value is -0.0800. The fourth-order valence-corrected chi connectivity index (χ4v) is 3.92. The molecule has 2 fully saturated rings. The minimum atomic E-state index is 0.731. The maximum absolute atomic E-state index is 3.72. The second-order valence-electron chi connectivity index (χ2n) is 6.37. The second-order valence-corrected chi connectivity index (χ2v) is 6.37. The SMILES string of the molecule is CCC1CCCC(N2CC(CC)NCC2CC)C1. The molecule has 2 aliphatic rings. The molecule has 0 aromatic heterocycles. The van der Waals surface area contributed by atoms with Crippen LogP contribution < -0.4 is 5.32 Å². The van der Waals surface area contributed by atoms with Crippen LogP contribution in [-0.2, 0) is 0 Å². The lowest BCUT2D eigenvalue weighted by molar-refractivity contribution is 0.0458. The second kappa shape index (κ2) is 6.91. The van der Waals surface area contributed by atoms with Gasteiger partial charge in [-0.25, -0.2) is 0 Å². The lowest BCUT2D eigenvalue weighted by atomic mass is 9.82. The van der Waals surface area contributed by atoms with E-state index in [4.69, 9.17) is 0 Å². The molecule has 0 bridgehead atoms. The fourth-order valence-electron chi connectivity index (χ4n) is 3.92. The van der Waals surface area contributed by atoms with E-state index in [1.807, 2.05) is 0 Å². The van der Waals surface area contributed by atoms with Gasteiger partial charge >= 0.3 is 0 Å². The van der Waals surface area contributed by atoms with E-state index in [9.17, 15) is 0 Å². The van der Waals surface area contributed by atoms with Crippen LogP contribution in [0.2, 0.25) is 0 Å². The van der Waals surface area contributed by atoms with Crippen LogP contribution in [0.15, 0.2) is 0 Å². The van der Waals surface area contributed by atoms with Gasteiger partial charge in [0.15, 0.2) is 0 Å². The number of piperazine rings is 1. The molecule has 0 amide bonds. The minimum Gasteiger partial charge on any atom is -0.311 e. The van der Waals surface area contributed by atoms with Crippen molar-refractivity contribution in [1.82, 2.24) is 10.2 Å². The molecule has 0 spiro atoms. The average molecular weight is 252 g/mol. The number of rotatable bonds is 4. The highest BCUT2D eigenvalue weighted by atomic mass is 15.3. The van der Waals surface area contributed by atoms with Gasteiger partial charge in [-0.05, 0) is 31.6 Å². The third-order valence-corrected chi connectivity index (χ3v) is 5.31. The molecule has 1 aliphatic carbocycles. The standard InChI is InChI=1S/C16H32N2/c1-4-13-8-7-9-16(10-13)18-12-14(5-2)17-11-15(18)6-3/h13-17H,4-12H2,1-3H3. The molecule has 0 aromatic carbocycles. The van der Waals surface area contributed by atoms with Crippen molar-refractivity contribution in [2.75, 3.05) is 13.1 Å². The first-order valence-corrected chi connectivity index (χ1v) is 8.27. The molecule has 18 heavy (non-hydrogen) atoms. The fraction of sp³-hybridized carbons (Fsp3) is 1.00. The predicted molar refractivity (Wildman–Crippen MR) is 78.9 cm³/mol. The Balaban J connectivity index is 1.98. The Kier molecular flexibility index (Phi) is 5.50. The highest BCUT2D eigenvalue weighted by Crippen LogP contribution is 2.32. The van der Waals surface area contributed by atoms with E-state index in [1.54, 1.807) is 0 Å². The minimum absolute atomic E-state index is 0.731. The van der Waals surface area contributed by atoms with Crippen molar-refractivity contribution in [2.45, 2.75) is 83.8 Å². The molecule has 1 saturated heterocycles. The van der Waals surface area contributed by atoms with Crippen LogP contribution in [0, 0.1) is 5.92 Å². The monoisotopic (exact) mass is 252 g/mol. The Morgan fingerprint density at radius 1 is 1.06 bits per heavy atom. The summed E-state index contributed by atoms with van der Waals surface area (Å²) < 4.78 is 0. The highest BCUT2D eigenvalue weighted by Gasteiger charge is 2.33. The van der Waals surface area contributed by atoms with Gasteiger partial charge in [0.25, 0.3) is 0 Å². The third-order valence-electron chi connectivity index (χ3n) is 5.31. The first kappa shape index (κ1) is 14.3. The van der Waals surface area contributed by atoms with Crippen molar-refractivity contribution in [3.8, 4) is 0 Å². The summed E-state index contributed by atoms with van der Waals surface area (Å²) in [6.45, 7) is 9.54. The van der Waals surface area contributed by atoms with Gasteiger partial charge in [-0.2, -0.15) is 0 Å². The first-order chi connectivity index (χ1) is 8.78. The molecular weight excluding hydrogens is 220 g/mol. The lowest BCUT2D eigenvalue weighted by Gasteiger charge is -2.47. The summed E-state index contributed by atoms with van der Waals surface area (Å²) >= 11 is 0. The van der Waals surface area contributed by atoms with Crippen molar-refractivity contribution < 1.29 is 0 Å². The van der Waals surface area contributed by atoms with Gasteiger partial charge in [-0.1, -0.05) is 40.0 Å². The topological polar surface area (TPSA) is 15.3 Å². The molecule has 1 saturated carbocycles.